The fraction of sp³-hybridized carbons (Fsp3) is 0.480. The number of hydrazine groups is 1. The molecule has 0 aromatic heterocycles. The molecule has 2 aromatic rings. The van der Waals surface area contributed by atoms with Crippen molar-refractivity contribution in [2.45, 2.75) is 63.8 Å². The summed E-state index contributed by atoms with van der Waals surface area (Å²) in [6.07, 6.45) is 3.99. The first kappa shape index (κ1) is 20.9. The number of oxime groups is 1. The first-order valence-electron chi connectivity index (χ1n) is 10.9. The third kappa shape index (κ3) is 3.96. The Labute approximate surface area is 180 Å². The minimum Gasteiger partial charge on any atom is -0.377 e. The van der Waals surface area contributed by atoms with Crippen molar-refractivity contribution in [3.63, 3.8) is 0 Å². The van der Waals surface area contributed by atoms with E-state index in [2.05, 4.69) is 90.5 Å². The molecule has 30 heavy (non-hydrogen) atoms. The normalized spacial score (nSPS) is 24.7. The van der Waals surface area contributed by atoms with Crippen LogP contribution in [-0.2, 0) is 16.0 Å². The Morgan fingerprint density at radius 2 is 1.77 bits per heavy atom. The smallest absolute Gasteiger partial charge is 0.222 e. The third-order valence-electron chi connectivity index (χ3n) is 6.54. The van der Waals surface area contributed by atoms with Crippen molar-refractivity contribution in [1.82, 2.24) is 10.0 Å². The van der Waals surface area contributed by atoms with E-state index in [0.717, 1.165) is 43.6 Å². The highest BCUT2D eigenvalue weighted by atomic mass is 16.7. The van der Waals surface area contributed by atoms with Gasteiger partial charge >= 0.3 is 0 Å². The number of hydrogen-bond acceptors (Lipinski definition) is 5. The van der Waals surface area contributed by atoms with Gasteiger partial charge in [-0.05, 0) is 45.6 Å². The summed E-state index contributed by atoms with van der Waals surface area (Å²) >= 11 is 0. The minimum absolute atomic E-state index is 0.258. The molecule has 0 amide bonds. The predicted octanol–water partition coefficient (Wildman–Crippen LogP) is 4.83. The third-order valence-corrected chi connectivity index (χ3v) is 6.54. The Balaban J connectivity index is 1.66. The fourth-order valence-electron chi connectivity index (χ4n) is 4.60. The number of rotatable bonds is 7. The second-order valence-corrected chi connectivity index (χ2v) is 8.97. The number of aryl methyl sites for hydroxylation is 1. The largest absolute Gasteiger partial charge is 0.377 e. The number of amidine groups is 1. The van der Waals surface area contributed by atoms with Crippen LogP contribution in [0.25, 0.3) is 0 Å². The van der Waals surface area contributed by atoms with Crippen LogP contribution in [0, 0.1) is 0 Å². The molecule has 5 nitrogen and oxygen atoms in total. The standard InChI is InChI=1S/C25H33N3O2/c1-24(2,29-4)22-16-11-19-27(22)28-23(21-14-9-6-10-15-21)26-30-25(28,3)18-17-20-12-7-5-8-13-20/h5-10,12-15,22H,11,16-19H2,1-4H3/t22-,25+/m0/s1. The van der Waals surface area contributed by atoms with Gasteiger partial charge in [-0.25, -0.2) is 10.0 Å². The molecule has 0 aliphatic carbocycles. The van der Waals surface area contributed by atoms with Crippen LogP contribution in [-0.4, -0.2) is 46.9 Å². The Hall–Kier alpha value is -2.37. The highest BCUT2D eigenvalue weighted by Gasteiger charge is 2.51. The number of nitrogens with zero attached hydrogens (tertiary/aromatic N) is 3. The van der Waals surface area contributed by atoms with Crippen LogP contribution < -0.4 is 0 Å². The second kappa shape index (κ2) is 8.40. The summed E-state index contributed by atoms with van der Waals surface area (Å²) in [6, 6.07) is 21.2. The van der Waals surface area contributed by atoms with Gasteiger partial charge in [0.1, 0.15) is 0 Å². The highest BCUT2D eigenvalue weighted by Crippen LogP contribution is 2.39. The van der Waals surface area contributed by atoms with Gasteiger partial charge in [0.05, 0.1) is 11.6 Å². The first-order chi connectivity index (χ1) is 14.4. The maximum absolute atomic E-state index is 6.18. The zero-order valence-corrected chi connectivity index (χ0v) is 18.5. The van der Waals surface area contributed by atoms with Crippen molar-refractivity contribution in [3.8, 4) is 0 Å². The summed E-state index contributed by atoms with van der Waals surface area (Å²) in [4.78, 5) is 6.18. The van der Waals surface area contributed by atoms with E-state index in [0.29, 0.717) is 0 Å². The van der Waals surface area contributed by atoms with Gasteiger partial charge in [-0.1, -0.05) is 65.8 Å². The van der Waals surface area contributed by atoms with Crippen molar-refractivity contribution < 1.29 is 9.57 Å². The first-order valence-corrected chi connectivity index (χ1v) is 10.9. The van der Waals surface area contributed by atoms with E-state index >= 15 is 0 Å². The van der Waals surface area contributed by atoms with E-state index in [1.54, 1.807) is 7.11 Å². The zero-order valence-electron chi connectivity index (χ0n) is 18.5. The minimum atomic E-state index is -0.548. The summed E-state index contributed by atoms with van der Waals surface area (Å²) in [5.41, 5.74) is 1.57. The lowest BCUT2D eigenvalue weighted by Gasteiger charge is -2.46. The lowest BCUT2D eigenvalue weighted by Crippen LogP contribution is -2.61. The maximum Gasteiger partial charge on any atom is 0.222 e. The molecule has 0 unspecified atom stereocenters. The lowest BCUT2D eigenvalue weighted by molar-refractivity contribution is -0.192. The van der Waals surface area contributed by atoms with Crippen molar-refractivity contribution >= 4 is 5.84 Å². The average molecular weight is 408 g/mol. The molecule has 0 spiro atoms. The molecule has 0 N–H and O–H groups in total. The summed E-state index contributed by atoms with van der Waals surface area (Å²) < 4.78 is 5.90. The number of ether oxygens (including phenoxy) is 1. The van der Waals surface area contributed by atoms with Gasteiger partial charge in [0.2, 0.25) is 5.72 Å². The molecular weight excluding hydrogens is 374 g/mol. The van der Waals surface area contributed by atoms with E-state index in [4.69, 9.17) is 9.57 Å². The molecule has 5 heteroatoms. The van der Waals surface area contributed by atoms with E-state index < -0.39 is 5.72 Å². The van der Waals surface area contributed by atoms with Gasteiger partial charge in [-0.3, -0.25) is 0 Å². The molecule has 4 rings (SSSR count). The van der Waals surface area contributed by atoms with E-state index in [-0.39, 0.29) is 11.6 Å². The van der Waals surface area contributed by atoms with Crippen LogP contribution in [0.3, 0.4) is 0 Å². The molecule has 2 heterocycles. The van der Waals surface area contributed by atoms with Crippen LogP contribution in [0.4, 0.5) is 0 Å². The highest BCUT2D eigenvalue weighted by molar-refractivity contribution is 5.99. The van der Waals surface area contributed by atoms with Crippen molar-refractivity contribution in [1.29, 1.82) is 0 Å². The quantitative estimate of drug-likeness (QED) is 0.659. The molecule has 0 saturated carbocycles. The van der Waals surface area contributed by atoms with Gasteiger partial charge in [-0.15, -0.1) is 0 Å². The van der Waals surface area contributed by atoms with Crippen LogP contribution >= 0.6 is 0 Å². The Kier molecular flexibility index (Phi) is 5.85. The summed E-state index contributed by atoms with van der Waals surface area (Å²) in [6.45, 7) is 7.47. The Bertz CT molecular complexity index is 868. The number of hydrogen-bond donors (Lipinski definition) is 0. The van der Waals surface area contributed by atoms with Crippen molar-refractivity contribution in [2.24, 2.45) is 5.16 Å². The summed E-state index contributed by atoms with van der Waals surface area (Å²) in [5.74, 6) is 0.880. The predicted molar refractivity (Wildman–Crippen MR) is 120 cm³/mol. The molecule has 1 saturated heterocycles. The Morgan fingerprint density at radius 3 is 2.43 bits per heavy atom. The van der Waals surface area contributed by atoms with Gasteiger partial charge in [0.25, 0.3) is 0 Å². The zero-order chi connectivity index (χ0) is 21.2. The molecule has 160 valence electrons. The van der Waals surface area contributed by atoms with Gasteiger partial charge in [0.15, 0.2) is 5.84 Å². The van der Waals surface area contributed by atoms with Crippen LogP contribution in [0.2, 0.25) is 0 Å². The van der Waals surface area contributed by atoms with E-state index in [9.17, 15) is 0 Å². The molecule has 0 radical (unpaired) electrons. The number of methoxy groups -OCH3 is 1. The van der Waals surface area contributed by atoms with Crippen LogP contribution in [0.1, 0.15) is 51.2 Å². The number of benzene rings is 2. The lowest BCUT2D eigenvalue weighted by atomic mass is 9.96. The molecule has 2 aliphatic rings. The SMILES string of the molecule is COC(C)(C)[C@@H]1CCCN1N1C(c2ccccc2)=NO[C@]1(C)CCc1ccccc1. The van der Waals surface area contributed by atoms with Gasteiger partial charge < -0.3 is 9.57 Å². The average Bonchev–Trinajstić information content (AvgIpc) is 3.39. The van der Waals surface area contributed by atoms with Crippen LogP contribution in [0.15, 0.2) is 65.8 Å². The molecule has 1 fully saturated rings. The van der Waals surface area contributed by atoms with E-state index in [1.165, 1.54) is 5.56 Å². The van der Waals surface area contributed by atoms with Gasteiger partial charge in [-0.2, -0.15) is 0 Å². The topological polar surface area (TPSA) is 37.3 Å². The Morgan fingerprint density at radius 1 is 1.10 bits per heavy atom. The molecule has 2 aliphatic heterocycles. The van der Waals surface area contributed by atoms with Crippen molar-refractivity contribution in [3.05, 3.63) is 71.8 Å². The summed E-state index contributed by atoms with van der Waals surface area (Å²) in [7, 11) is 1.80. The van der Waals surface area contributed by atoms with Crippen molar-refractivity contribution in [2.75, 3.05) is 13.7 Å². The van der Waals surface area contributed by atoms with Crippen LogP contribution in [0.5, 0.6) is 0 Å². The van der Waals surface area contributed by atoms with E-state index in [1.807, 2.05) is 6.07 Å². The monoisotopic (exact) mass is 407 g/mol. The molecular formula is C25H33N3O2. The van der Waals surface area contributed by atoms with Gasteiger partial charge in [0, 0.05) is 25.6 Å². The fourth-order valence-corrected chi connectivity index (χ4v) is 4.60. The summed E-state index contributed by atoms with van der Waals surface area (Å²) in [5, 5.41) is 9.35. The molecule has 2 atom stereocenters. The maximum atomic E-state index is 6.18. The molecule has 2 aromatic carbocycles. The second-order valence-electron chi connectivity index (χ2n) is 8.97. The molecule has 0 bridgehead atoms.